The van der Waals surface area contributed by atoms with Crippen LogP contribution in [-0.4, -0.2) is 13.1 Å². The van der Waals surface area contributed by atoms with Crippen LogP contribution in [0.1, 0.15) is 22.8 Å². The Balaban J connectivity index is 2.39. The summed E-state index contributed by atoms with van der Waals surface area (Å²) in [6.07, 6.45) is 0.948. The van der Waals surface area contributed by atoms with Crippen LogP contribution in [0, 0.1) is 0 Å². The fourth-order valence-corrected chi connectivity index (χ4v) is 2.00. The molecule has 0 unspecified atom stereocenters. The van der Waals surface area contributed by atoms with Gasteiger partial charge >= 0.3 is 5.97 Å². The first-order valence-electron chi connectivity index (χ1n) is 6.48. The summed E-state index contributed by atoms with van der Waals surface area (Å²) in [6.45, 7) is 2.09. The van der Waals surface area contributed by atoms with Gasteiger partial charge in [0, 0.05) is 5.69 Å². The SMILES string of the molecule is CCc1cccc(Nc2c(N)cccc2C(=O)OC)c1. The number of anilines is 3. The first-order valence-corrected chi connectivity index (χ1v) is 6.48. The second-order valence-corrected chi connectivity index (χ2v) is 4.44. The number of rotatable bonds is 4. The molecule has 0 atom stereocenters. The molecule has 2 aromatic carbocycles. The summed E-state index contributed by atoms with van der Waals surface area (Å²) < 4.78 is 4.78. The standard InChI is InChI=1S/C16H18N2O2/c1-3-11-6-4-7-12(10-11)18-15-13(16(19)20-2)8-5-9-14(15)17/h4-10,18H,3,17H2,1-2H3. The lowest BCUT2D eigenvalue weighted by Gasteiger charge is -2.14. The van der Waals surface area contributed by atoms with E-state index in [0.29, 0.717) is 16.9 Å². The molecule has 0 saturated heterocycles. The van der Waals surface area contributed by atoms with Gasteiger partial charge in [-0.05, 0) is 36.2 Å². The molecule has 0 spiro atoms. The summed E-state index contributed by atoms with van der Waals surface area (Å²) in [6, 6.07) is 13.2. The highest BCUT2D eigenvalue weighted by atomic mass is 16.5. The van der Waals surface area contributed by atoms with Crippen molar-refractivity contribution in [2.75, 3.05) is 18.2 Å². The summed E-state index contributed by atoms with van der Waals surface area (Å²) >= 11 is 0. The van der Waals surface area contributed by atoms with Crippen molar-refractivity contribution in [3.63, 3.8) is 0 Å². The minimum atomic E-state index is -0.411. The molecule has 0 aliphatic heterocycles. The van der Waals surface area contributed by atoms with Gasteiger partial charge in [-0.2, -0.15) is 0 Å². The molecule has 0 heterocycles. The second kappa shape index (κ2) is 6.10. The number of nitrogen functional groups attached to an aromatic ring is 1. The maximum atomic E-state index is 11.8. The summed E-state index contributed by atoms with van der Waals surface area (Å²) in [5.74, 6) is -0.411. The number of hydrogen-bond acceptors (Lipinski definition) is 4. The zero-order chi connectivity index (χ0) is 14.5. The van der Waals surface area contributed by atoms with E-state index in [0.717, 1.165) is 12.1 Å². The molecule has 0 aliphatic carbocycles. The topological polar surface area (TPSA) is 64.3 Å². The highest BCUT2D eigenvalue weighted by Gasteiger charge is 2.14. The molecule has 4 nitrogen and oxygen atoms in total. The van der Waals surface area contributed by atoms with Gasteiger partial charge < -0.3 is 15.8 Å². The smallest absolute Gasteiger partial charge is 0.340 e. The van der Waals surface area contributed by atoms with Crippen LogP contribution in [0.2, 0.25) is 0 Å². The summed E-state index contributed by atoms with van der Waals surface area (Å²) in [5.41, 5.74) is 9.58. The van der Waals surface area contributed by atoms with Crippen LogP contribution in [0.25, 0.3) is 0 Å². The van der Waals surface area contributed by atoms with Crippen LogP contribution in [0.3, 0.4) is 0 Å². The van der Waals surface area contributed by atoms with E-state index in [1.54, 1.807) is 18.2 Å². The molecule has 0 aliphatic rings. The van der Waals surface area contributed by atoms with E-state index in [4.69, 9.17) is 10.5 Å². The Hall–Kier alpha value is -2.49. The number of esters is 1. The third kappa shape index (κ3) is 2.91. The van der Waals surface area contributed by atoms with Crippen molar-refractivity contribution >= 4 is 23.0 Å². The Morgan fingerprint density at radius 3 is 2.70 bits per heavy atom. The molecule has 0 saturated carbocycles. The number of para-hydroxylation sites is 1. The van der Waals surface area contributed by atoms with E-state index in [-0.39, 0.29) is 0 Å². The molecular weight excluding hydrogens is 252 g/mol. The summed E-state index contributed by atoms with van der Waals surface area (Å²) in [5, 5.41) is 3.20. The van der Waals surface area contributed by atoms with E-state index in [1.807, 2.05) is 18.2 Å². The number of aryl methyl sites for hydroxylation is 1. The first kappa shape index (κ1) is 13.9. The maximum absolute atomic E-state index is 11.8. The van der Waals surface area contributed by atoms with E-state index in [1.165, 1.54) is 12.7 Å². The Morgan fingerprint density at radius 1 is 1.25 bits per heavy atom. The Labute approximate surface area is 118 Å². The predicted molar refractivity (Wildman–Crippen MR) is 81.3 cm³/mol. The van der Waals surface area contributed by atoms with E-state index in [9.17, 15) is 4.79 Å². The fourth-order valence-electron chi connectivity index (χ4n) is 2.00. The molecule has 0 aromatic heterocycles. The van der Waals surface area contributed by atoms with Gasteiger partial charge in [-0.1, -0.05) is 25.1 Å². The molecule has 2 aromatic rings. The summed E-state index contributed by atoms with van der Waals surface area (Å²) in [4.78, 5) is 11.8. The molecule has 104 valence electrons. The Morgan fingerprint density at radius 2 is 2.00 bits per heavy atom. The van der Waals surface area contributed by atoms with Gasteiger partial charge in [0.2, 0.25) is 0 Å². The van der Waals surface area contributed by atoms with Gasteiger partial charge in [-0.3, -0.25) is 0 Å². The molecule has 0 radical (unpaired) electrons. The number of methoxy groups -OCH3 is 1. The van der Waals surface area contributed by atoms with E-state index in [2.05, 4.69) is 18.3 Å². The van der Waals surface area contributed by atoms with E-state index >= 15 is 0 Å². The van der Waals surface area contributed by atoms with Crippen molar-refractivity contribution in [1.29, 1.82) is 0 Å². The number of ether oxygens (including phenoxy) is 1. The monoisotopic (exact) mass is 270 g/mol. The molecule has 0 bridgehead atoms. The van der Waals surface area contributed by atoms with Crippen LogP contribution in [0.15, 0.2) is 42.5 Å². The van der Waals surface area contributed by atoms with Crippen molar-refractivity contribution in [3.05, 3.63) is 53.6 Å². The average Bonchev–Trinajstić information content (AvgIpc) is 2.48. The normalized spacial score (nSPS) is 10.1. The van der Waals surface area contributed by atoms with Crippen molar-refractivity contribution in [2.24, 2.45) is 0 Å². The third-order valence-electron chi connectivity index (χ3n) is 3.11. The Kier molecular flexibility index (Phi) is 4.25. The average molecular weight is 270 g/mol. The lowest BCUT2D eigenvalue weighted by molar-refractivity contribution is 0.0602. The third-order valence-corrected chi connectivity index (χ3v) is 3.11. The van der Waals surface area contributed by atoms with Crippen LogP contribution >= 0.6 is 0 Å². The number of benzene rings is 2. The van der Waals surface area contributed by atoms with Crippen molar-refractivity contribution in [1.82, 2.24) is 0 Å². The molecule has 0 fully saturated rings. The van der Waals surface area contributed by atoms with Gasteiger partial charge in [0.05, 0.1) is 24.0 Å². The quantitative estimate of drug-likeness (QED) is 0.660. The lowest BCUT2D eigenvalue weighted by atomic mass is 10.1. The van der Waals surface area contributed by atoms with Crippen LogP contribution in [0.4, 0.5) is 17.1 Å². The number of nitrogens with two attached hydrogens (primary N) is 1. The molecule has 20 heavy (non-hydrogen) atoms. The largest absolute Gasteiger partial charge is 0.465 e. The lowest BCUT2D eigenvalue weighted by Crippen LogP contribution is -2.08. The van der Waals surface area contributed by atoms with Crippen LogP contribution < -0.4 is 11.1 Å². The van der Waals surface area contributed by atoms with Crippen molar-refractivity contribution in [2.45, 2.75) is 13.3 Å². The highest BCUT2D eigenvalue weighted by molar-refractivity contribution is 5.99. The molecule has 2 rings (SSSR count). The predicted octanol–water partition coefficient (Wildman–Crippen LogP) is 3.36. The van der Waals surface area contributed by atoms with Gasteiger partial charge in [0.1, 0.15) is 0 Å². The molecule has 3 N–H and O–H groups in total. The van der Waals surface area contributed by atoms with Crippen LogP contribution in [-0.2, 0) is 11.2 Å². The minimum absolute atomic E-state index is 0.411. The zero-order valence-corrected chi connectivity index (χ0v) is 11.6. The fraction of sp³-hybridized carbons (Fsp3) is 0.188. The molecular formula is C16H18N2O2. The minimum Gasteiger partial charge on any atom is -0.465 e. The number of hydrogen-bond donors (Lipinski definition) is 2. The van der Waals surface area contributed by atoms with Crippen molar-refractivity contribution < 1.29 is 9.53 Å². The summed E-state index contributed by atoms with van der Waals surface area (Å²) in [7, 11) is 1.35. The molecule has 4 heteroatoms. The van der Waals surface area contributed by atoms with Gasteiger partial charge in [0.15, 0.2) is 0 Å². The van der Waals surface area contributed by atoms with E-state index < -0.39 is 5.97 Å². The van der Waals surface area contributed by atoms with Crippen molar-refractivity contribution in [3.8, 4) is 0 Å². The Bertz CT molecular complexity index is 624. The number of carbonyl (C=O) groups is 1. The zero-order valence-electron chi connectivity index (χ0n) is 11.6. The second-order valence-electron chi connectivity index (χ2n) is 4.44. The van der Waals surface area contributed by atoms with Gasteiger partial charge in [-0.25, -0.2) is 4.79 Å². The van der Waals surface area contributed by atoms with Gasteiger partial charge in [-0.15, -0.1) is 0 Å². The van der Waals surface area contributed by atoms with Gasteiger partial charge in [0.25, 0.3) is 0 Å². The first-order chi connectivity index (χ1) is 9.65. The number of nitrogens with one attached hydrogen (secondary N) is 1. The maximum Gasteiger partial charge on any atom is 0.340 e. The number of carbonyl (C=O) groups excluding carboxylic acids is 1. The van der Waals surface area contributed by atoms with Crippen LogP contribution in [0.5, 0.6) is 0 Å². The highest BCUT2D eigenvalue weighted by Crippen LogP contribution is 2.28. The molecule has 0 amide bonds.